The molecule has 0 radical (unpaired) electrons. The van der Waals surface area contributed by atoms with Gasteiger partial charge in [0.05, 0.1) is 23.9 Å². The van der Waals surface area contributed by atoms with Crippen molar-refractivity contribution in [2.24, 2.45) is 5.92 Å². The lowest BCUT2D eigenvalue weighted by molar-refractivity contribution is 0.0318. The van der Waals surface area contributed by atoms with Crippen LogP contribution in [0.25, 0.3) is 10.9 Å². The van der Waals surface area contributed by atoms with Gasteiger partial charge in [-0.15, -0.1) is 0 Å². The largest absolute Gasteiger partial charge is 0.389 e. The van der Waals surface area contributed by atoms with Crippen LogP contribution in [0.1, 0.15) is 13.8 Å². The first-order chi connectivity index (χ1) is 10.1. The fourth-order valence-electron chi connectivity index (χ4n) is 2.00. The number of aliphatic hydroxyl groups excluding tert-OH is 1. The molecule has 0 bridgehead atoms. The minimum Gasteiger partial charge on any atom is -0.389 e. The van der Waals surface area contributed by atoms with Gasteiger partial charge >= 0.3 is 0 Å². The van der Waals surface area contributed by atoms with Crippen molar-refractivity contribution >= 4 is 32.5 Å². The molecule has 1 unspecified atom stereocenters. The molecule has 2 rings (SSSR count). The van der Waals surface area contributed by atoms with E-state index in [0.29, 0.717) is 25.7 Å². The third kappa shape index (κ3) is 4.95. The maximum Gasteiger partial charge on any atom is 0.0945 e. The Morgan fingerprint density at radius 3 is 2.90 bits per heavy atom. The summed E-state index contributed by atoms with van der Waals surface area (Å²) in [5.74, 6) is 0.478. The lowest BCUT2D eigenvalue weighted by Gasteiger charge is -2.15. The summed E-state index contributed by atoms with van der Waals surface area (Å²) in [6.07, 6.45) is 1.24. The van der Waals surface area contributed by atoms with E-state index in [1.165, 1.54) is 0 Å². The standard InChI is InChI=1S/C16H21BrN2O2/c1-11(2)9-21-10-14(20)8-18-15-5-3-4-12-6-13(17)7-19-16(12)15/h3-7,11,14,18,20H,8-10H2,1-2H3. The monoisotopic (exact) mass is 352 g/mol. The number of benzene rings is 1. The van der Waals surface area contributed by atoms with Crippen LogP contribution in [0.5, 0.6) is 0 Å². The molecular weight excluding hydrogens is 332 g/mol. The van der Waals surface area contributed by atoms with Gasteiger partial charge in [-0.2, -0.15) is 0 Å². The first-order valence-corrected chi connectivity index (χ1v) is 7.89. The highest BCUT2D eigenvalue weighted by Crippen LogP contribution is 2.23. The SMILES string of the molecule is CC(C)COCC(O)CNc1cccc2cc(Br)cnc12. The van der Waals surface area contributed by atoms with Crippen LogP contribution in [-0.4, -0.2) is 36.0 Å². The van der Waals surface area contributed by atoms with Gasteiger partial charge in [-0.1, -0.05) is 26.0 Å². The normalized spacial score (nSPS) is 12.8. The van der Waals surface area contributed by atoms with Gasteiger partial charge in [-0.25, -0.2) is 0 Å². The molecule has 0 aliphatic rings. The Balaban J connectivity index is 1.94. The van der Waals surface area contributed by atoms with Gasteiger partial charge in [0.1, 0.15) is 0 Å². The Bertz CT molecular complexity index is 589. The Morgan fingerprint density at radius 1 is 1.33 bits per heavy atom. The summed E-state index contributed by atoms with van der Waals surface area (Å²) in [4.78, 5) is 4.42. The van der Waals surface area contributed by atoms with Crippen molar-refractivity contribution in [3.63, 3.8) is 0 Å². The lowest BCUT2D eigenvalue weighted by atomic mass is 10.2. The zero-order valence-electron chi connectivity index (χ0n) is 12.3. The van der Waals surface area contributed by atoms with Crippen LogP contribution in [-0.2, 0) is 4.74 Å². The Labute approximate surface area is 133 Å². The Morgan fingerprint density at radius 2 is 2.14 bits per heavy atom. The predicted octanol–water partition coefficient (Wildman–Crippen LogP) is 3.44. The maximum atomic E-state index is 9.92. The quantitative estimate of drug-likeness (QED) is 0.801. The number of hydrogen-bond donors (Lipinski definition) is 2. The molecule has 21 heavy (non-hydrogen) atoms. The molecule has 0 aliphatic carbocycles. The smallest absolute Gasteiger partial charge is 0.0945 e. The first kappa shape index (κ1) is 16.2. The number of ether oxygens (including phenoxy) is 1. The molecule has 0 amide bonds. The van der Waals surface area contributed by atoms with E-state index in [-0.39, 0.29) is 0 Å². The third-order valence-corrected chi connectivity index (χ3v) is 3.40. The van der Waals surface area contributed by atoms with Crippen molar-refractivity contribution in [1.29, 1.82) is 0 Å². The molecule has 1 atom stereocenters. The molecule has 0 fully saturated rings. The number of hydrogen-bond acceptors (Lipinski definition) is 4. The Kier molecular flexibility index (Phi) is 5.96. The minimum atomic E-state index is -0.533. The summed E-state index contributed by atoms with van der Waals surface area (Å²) in [5.41, 5.74) is 1.82. The van der Waals surface area contributed by atoms with Gasteiger partial charge in [-0.05, 0) is 34.0 Å². The van der Waals surface area contributed by atoms with Crippen LogP contribution >= 0.6 is 15.9 Å². The van der Waals surface area contributed by atoms with E-state index in [4.69, 9.17) is 4.74 Å². The van der Waals surface area contributed by atoms with Crippen LogP contribution < -0.4 is 5.32 Å². The molecule has 2 N–H and O–H groups in total. The molecular formula is C16H21BrN2O2. The van der Waals surface area contributed by atoms with Gasteiger partial charge in [0.15, 0.2) is 0 Å². The van der Waals surface area contributed by atoms with E-state index >= 15 is 0 Å². The number of fused-ring (bicyclic) bond motifs is 1. The summed E-state index contributed by atoms with van der Waals surface area (Å²) in [5, 5.41) is 14.2. The van der Waals surface area contributed by atoms with E-state index in [1.54, 1.807) is 6.20 Å². The van der Waals surface area contributed by atoms with Gasteiger partial charge in [0.2, 0.25) is 0 Å². The molecule has 0 saturated heterocycles. The van der Waals surface area contributed by atoms with E-state index in [2.05, 4.69) is 40.1 Å². The first-order valence-electron chi connectivity index (χ1n) is 7.10. The highest BCUT2D eigenvalue weighted by Gasteiger charge is 2.07. The van der Waals surface area contributed by atoms with E-state index < -0.39 is 6.10 Å². The van der Waals surface area contributed by atoms with Crippen molar-refractivity contribution in [1.82, 2.24) is 4.98 Å². The number of para-hydroxylation sites is 1. The number of nitrogens with zero attached hydrogens (tertiary/aromatic N) is 1. The van der Waals surface area contributed by atoms with Gasteiger partial charge in [0.25, 0.3) is 0 Å². The maximum absolute atomic E-state index is 9.92. The van der Waals surface area contributed by atoms with Crippen LogP contribution in [0.3, 0.4) is 0 Å². The number of aliphatic hydroxyl groups is 1. The van der Waals surface area contributed by atoms with E-state index in [9.17, 15) is 5.11 Å². The average molecular weight is 353 g/mol. The minimum absolute atomic E-state index is 0.342. The second-order valence-electron chi connectivity index (χ2n) is 5.50. The zero-order valence-corrected chi connectivity index (χ0v) is 13.9. The molecule has 1 aromatic carbocycles. The van der Waals surface area contributed by atoms with Crippen LogP contribution in [0.2, 0.25) is 0 Å². The van der Waals surface area contributed by atoms with E-state index in [0.717, 1.165) is 21.1 Å². The third-order valence-electron chi connectivity index (χ3n) is 2.97. The number of pyridine rings is 1. The molecule has 114 valence electrons. The molecule has 0 saturated carbocycles. The fourth-order valence-corrected chi connectivity index (χ4v) is 2.35. The summed E-state index contributed by atoms with van der Waals surface area (Å²) in [6, 6.07) is 7.97. The average Bonchev–Trinajstić information content (AvgIpc) is 2.44. The van der Waals surface area contributed by atoms with Crippen molar-refractivity contribution in [2.45, 2.75) is 20.0 Å². The Hall–Kier alpha value is -1.17. The number of rotatable bonds is 7. The van der Waals surface area contributed by atoms with Gasteiger partial charge < -0.3 is 15.2 Å². The summed E-state index contributed by atoms with van der Waals surface area (Å²) < 4.78 is 6.39. The second-order valence-corrected chi connectivity index (χ2v) is 6.41. The molecule has 2 aromatic rings. The number of halogens is 1. The van der Waals surface area contributed by atoms with Crippen molar-refractivity contribution in [3.05, 3.63) is 34.9 Å². The molecule has 0 spiro atoms. The van der Waals surface area contributed by atoms with Crippen molar-refractivity contribution in [2.75, 3.05) is 25.1 Å². The molecule has 1 aromatic heterocycles. The van der Waals surface area contributed by atoms with Gasteiger partial charge in [0, 0.05) is 29.2 Å². The molecule has 5 heteroatoms. The predicted molar refractivity (Wildman–Crippen MR) is 89.6 cm³/mol. The van der Waals surface area contributed by atoms with Crippen LogP contribution in [0.15, 0.2) is 34.9 Å². The summed E-state index contributed by atoms with van der Waals surface area (Å²) in [6.45, 7) is 5.62. The lowest BCUT2D eigenvalue weighted by Crippen LogP contribution is -2.25. The van der Waals surface area contributed by atoms with Crippen molar-refractivity contribution < 1.29 is 9.84 Å². The number of nitrogens with one attached hydrogen (secondary N) is 1. The van der Waals surface area contributed by atoms with E-state index in [1.807, 2.05) is 24.3 Å². The van der Waals surface area contributed by atoms with Crippen molar-refractivity contribution in [3.8, 4) is 0 Å². The molecule has 4 nitrogen and oxygen atoms in total. The number of aromatic nitrogens is 1. The highest BCUT2D eigenvalue weighted by molar-refractivity contribution is 9.10. The topological polar surface area (TPSA) is 54.4 Å². The summed E-state index contributed by atoms with van der Waals surface area (Å²) >= 11 is 3.42. The summed E-state index contributed by atoms with van der Waals surface area (Å²) in [7, 11) is 0. The zero-order chi connectivity index (χ0) is 15.2. The van der Waals surface area contributed by atoms with Crippen LogP contribution in [0, 0.1) is 5.92 Å². The number of anilines is 1. The second kappa shape index (κ2) is 7.73. The van der Waals surface area contributed by atoms with Crippen LogP contribution in [0.4, 0.5) is 5.69 Å². The molecule has 0 aliphatic heterocycles. The fraction of sp³-hybridized carbons (Fsp3) is 0.438. The highest BCUT2D eigenvalue weighted by atomic mass is 79.9. The van der Waals surface area contributed by atoms with Gasteiger partial charge in [-0.3, -0.25) is 4.98 Å². The molecule has 1 heterocycles.